The van der Waals surface area contributed by atoms with Crippen molar-refractivity contribution in [3.05, 3.63) is 71.8 Å². The van der Waals surface area contributed by atoms with E-state index in [1.54, 1.807) is 18.2 Å². The highest BCUT2D eigenvalue weighted by Gasteiger charge is 2.34. The zero-order valence-electron chi connectivity index (χ0n) is 12.2. The minimum absolute atomic E-state index is 0.0106. The molecule has 0 bridgehead atoms. The van der Waals surface area contributed by atoms with Gasteiger partial charge in [0.05, 0.1) is 5.57 Å². The molecule has 2 aromatic rings. The fourth-order valence-electron chi connectivity index (χ4n) is 2.25. The Bertz CT molecular complexity index is 701. The largest absolute Gasteiger partial charge is 0.322 e. The third-order valence-electron chi connectivity index (χ3n) is 3.60. The van der Waals surface area contributed by atoms with Crippen LogP contribution in [0.15, 0.2) is 66.2 Å². The summed E-state index contributed by atoms with van der Waals surface area (Å²) < 4.78 is 0. The van der Waals surface area contributed by atoms with Gasteiger partial charge in [-0.2, -0.15) is 0 Å². The minimum atomic E-state index is -0.341. The van der Waals surface area contributed by atoms with Gasteiger partial charge in [-0.25, -0.2) is 0 Å². The quantitative estimate of drug-likeness (QED) is 0.519. The zero-order valence-corrected chi connectivity index (χ0v) is 12.2. The van der Waals surface area contributed by atoms with Gasteiger partial charge < -0.3 is 5.32 Å². The first kappa shape index (κ1) is 14.3. The Morgan fingerprint density at radius 1 is 0.909 bits per heavy atom. The van der Waals surface area contributed by atoms with Crippen LogP contribution in [0.1, 0.15) is 18.4 Å². The molecule has 1 aliphatic carbocycles. The third-order valence-corrected chi connectivity index (χ3v) is 3.60. The first-order chi connectivity index (χ1) is 10.7. The van der Waals surface area contributed by atoms with E-state index >= 15 is 0 Å². The second kappa shape index (κ2) is 6.39. The van der Waals surface area contributed by atoms with Gasteiger partial charge in [0.2, 0.25) is 0 Å². The van der Waals surface area contributed by atoms with Crippen LogP contribution in [-0.2, 0) is 9.59 Å². The van der Waals surface area contributed by atoms with Gasteiger partial charge in [-0.3, -0.25) is 9.59 Å². The van der Waals surface area contributed by atoms with E-state index in [2.05, 4.69) is 5.32 Å². The number of carbonyl (C=O) groups excluding carboxylic acids is 2. The van der Waals surface area contributed by atoms with Crippen molar-refractivity contribution in [1.29, 1.82) is 0 Å². The number of hydrogen-bond acceptors (Lipinski definition) is 2. The number of ketones is 1. The molecule has 1 amide bonds. The fraction of sp³-hybridized carbons (Fsp3) is 0.158. The molecule has 3 heteroatoms. The maximum Gasteiger partial charge on any atom is 0.259 e. The van der Waals surface area contributed by atoms with Crippen molar-refractivity contribution in [2.45, 2.75) is 12.8 Å². The number of rotatable bonds is 5. The molecular weight excluding hydrogens is 274 g/mol. The summed E-state index contributed by atoms with van der Waals surface area (Å²) in [7, 11) is 0. The normalized spacial score (nSPS) is 14.5. The van der Waals surface area contributed by atoms with Gasteiger partial charge in [-0.1, -0.05) is 48.5 Å². The fourth-order valence-corrected chi connectivity index (χ4v) is 2.25. The molecule has 2 aromatic carbocycles. The summed E-state index contributed by atoms with van der Waals surface area (Å²) in [6.07, 6.45) is 3.44. The number of benzene rings is 2. The molecule has 0 heterocycles. The second-order valence-electron chi connectivity index (χ2n) is 5.43. The second-order valence-corrected chi connectivity index (χ2v) is 5.43. The molecule has 3 nitrogen and oxygen atoms in total. The Kier molecular flexibility index (Phi) is 4.15. The predicted molar refractivity (Wildman–Crippen MR) is 87.2 cm³/mol. The van der Waals surface area contributed by atoms with Crippen LogP contribution in [-0.4, -0.2) is 11.7 Å². The maximum atomic E-state index is 12.5. The Morgan fingerprint density at radius 2 is 1.50 bits per heavy atom. The standard InChI is InChI=1S/C19H17NO2/c21-18(15-11-12-15)17(13-14-7-3-1-4-8-14)19(22)20-16-9-5-2-6-10-16/h1-10,13,15H,11-12H2,(H,20,22). The van der Waals surface area contributed by atoms with Crippen LogP contribution in [0.3, 0.4) is 0 Å². The van der Waals surface area contributed by atoms with Crippen LogP contribution >= 0.6 is 0 Å². The molecule has 0 saturated heterocycles. The molecule has 0 spiro atoms. The lowest BCUT2D eigenvalue weighted by Gasteiger charge is -2.08. The van der Waals surface area contributed by atoms with Crippen LogP contribution in [0.5, 0.6) is 0 Å². The zero-order chi connectivity index (χ0) is 15.4. The number of anilines is 1. The summed E-state index contributed by atoms with van der Waals surface area (Å²) in [6.45, 7) is 0. The van der Waals surface area contributed by atoms with Crippen molar-refractivity contribution >= 4 is 23.5 Å². The van der Waals surface area contributed by atoms with E-state index in [1.165, 1.54) is 0 Å². The number of nitrogens with one attached hydrogen (secondary N) is 1. The molecular formula is C19H17NO2. The number of Topliss-reactive ketones (excluding diaryl/α,β-unsaturated/α-hetero) is 1. The summed E-state index contributed by atoms with van der Waals surface area (Å²) in [4.78, 5) is 24.9. The van der Waals surface area contributed by atoms with Crippen LogP contribution in [0.4, 0.5) is 5.69 Å². The van der Waals surface area contributed by atoms with Crippen LogP contribution in [0.25, 0.3) is 6.08 Å². The average molecular weight is 291 g/mol. The summed E-state index contributed by atoms with van der Waals surface area (Å²) in [6, 6.07) is 18.6. The van der Waals surface area contributed by atoms with Crippen LogP contribution in [0, 0.1) is 5.92 Å². The third kappa shape index (κ3) is 3.50. The van der Waals surface area contributed by atoms with Gasteiger partial charge in [0, 0.05) is 11.6 Å². The van der Waals surface area contributed by atoms with Crippen LogP contribution < -0.4 is 5.32 Å². The number of amides is 1. The molecule has 1 saturated carbocycles. The molecule has 1 N–H and O–H groups in total. The van der Waals surface area contributed by atoms with Crippen molar-refractivity contribution in [3.63, 3.8) is 0 Å². The van der Waals surface area contributed by atoms with Crippen molar-refractivity contribution in [1.82, 2.24) is 0 Å². The van der Waals surface area contributed by atoms with Gasteiger partial charge in [-0.15, -0.1) is 0 Å². The lowest BCUT2D eigenvalue weighted by Crippen LogP contribution is -2.21. The van der Waals surface area contributed by atoms with E-state index < -0.39 is 0 Å². The number of carbonyl (C=O) groups is 2. The maximum absolute atomic E-state index is 12.5. The number of para-hydroxylation sites is 1. The van der Waals surface area contributed by atoms with Gasteiger partial charge in [0.1, 0.15) is 0 Å². The molecule has 3 rings (SSSR count). The molecule has 0 radical (unpaired) electrons. The van der Waals surface area contributed by atoms with Crippen molar-refractivity contribution in [2.75, 3.05) is 5.32 Å². The molecule has 110 valence electrons. The van der Waals surface area contributed by atoms with E-state index in [0.717, 1.165) is 18.4 Å². The predicted octanol–water partition coefficient (Wildman–Crippen LogP) is 3.69. The Morgan fingerprint density at radius 3 is 2.09 bits per heavy atom. The van der Waals surface area contributed by atoms with Gasteiger partial charge in [0.15, 0.2) is 5.78 Å². The Hall–Kier alpha value is -2.68. The highest BCUT2D eigenvalue weighted by atomic mass is 16.2. The first-order valence-electron chi connectivity index (χ1n) is 7.41. The minimum Gasteiger partial charge on any atom is -0.322 e. The Labute approximate surface area is 129 Å². The van der Waals surface area contributed by atoms with Gasteiger partial charge in [-0.05, 0) is 36.6 Å². The summed E-state index contributed by atoms with van der Waals surface area (Å²) in [5.41, 5.74) is 1.78. The van der Waals surface area contributed by atoms with E-state index in [9.17, 15) is 9.59 Å². The lowest BCUT2D eigenvalue weighted by molar-refractivity contribution is -0.120. The highest BCUT2D eigenvalue weighted by Crippen LogP contribution is 2.33. The molecule has 0 aliphatic heterocycles. The van der Waals surface area contributed by atoms with E-state index in [1.807, 2.05) is 48.5 Å². The van der Waals surface area contributed by atoms with E-state index in [4.69, 9.17) is 0 Å². The lowest BCUT2D eigenvalue weighted by atomic mass is 10.0. The van der Waals surface area contributed by atoms with E-state index in [0.29, 0.717) is 5.69 Å². The molecule has 1 aliphatic rings. The van der Waals surface area contributed by atoms with Crippen LogP contribution in [0.2, 0.25) is 0 Å². The monoisotopic (exact) mass is 291 g/mol. The van der Waals surface area contributed by atoms with Crippen molar-refractivity contribution < 1.29 is 9.59 Å². The van der Waals surface area contributed by atoms with E-state index in [-0.39, 0.29) is 23.2 Å². The molecule has 1 fully saturated rings. The van der Waals surface area contributed by atoms with Gasteiger partial charge in [0.25, 0.3) is 5.91 Å². The molecule has 0 atom stereocenters. The van der Waals surface area contributed by atoms with Crippen molar-refractivity contribution in [3.8, 4) is 0 Å². The highest BCUT2D eigenvalue weighted by molar-refractivity contribution is 6.27. The molecule has 0 unspecified atom stereocenters. The average Bonchev–Trinajstić information content (AvgIpc) is 3.39. The Balaban J connectivity index is 1.86. The first-order valence-corrected chi connectivity index (χ1v) is 7.41. The summed E-state index contributed by atoms with van der Waals surface area (Å²) >= 11 is 0. The molecule has 22 heavy (non-hydrogen) atoms. The molecule has 0 aromatic heterocycles. The smallest absolute Gasteiger partial charge is 0.259 e. The van der Waals surface area contributed by atoms with Gasteiger partial charge >= 0.3 is 0 Å². The summed E-state index contributed by atoms with van der Waals surface area (Å²) in [5.74, 6) is -0.388. The SMILES string of the molecule is O=C(Nc1ccccc1)C(=Cc1ccccc1)C(=O)C1CC1. The topological polar surface area (TPSA) is 46.2 Å². The van der Waals surface area contributed by atoms with Crippen molar-refractivity contribution in [2.24, 2.45) is 5.92 Å². The summed E-state index contributed by atoms with van der Waals surface area (Å²) in [5, 5.41) is 2.80. The number of hydrogen-bond donors (Lipinski definition) is 1.